The van der Waals surface area contributed by atoms with E-state index in [1.165, 1.54) is 0 Å². The van der Waals surface area contributed by atoms with E-state index < -0.39 is 0 Å². The van der Waals surface area contributed by atoms with Gasteiger partial charge in [0.25, 0.3) is 0 Å². The molecular weight excluding hydrogens is 292 g/mol. The van der Waals surface area contributed by atoms with Gasteiger partial charge in [0, 0.05) is 17.4 Å². The number of methoxy groups -OCH3 is 1. The molecule has 0 aromatic heterocycles. The Morgan fingerprint density at radius 3 is 2.61 bits per heavy atom. The molecule has 0 fully saturated rings. The second-order valence-electron chi connectivity index (χ2n) is 4.76. The smallest absolute Gasteiger partial charge is 0.243 e. The summed E-state index contributed by atoms with van der Waals surface area (Å²) in [7, 11) is 1.60. The topological polar surface area (TPSA) is 59.6 Å². The predicted molar refractivity (Wildman–Crippen MR) is 92.2 cm³/mol. The standard InChI is InChI=1S/C18H20N2O3/c1-3-11-23-17-6-4-5-15(12-17)19-13-18(21)20-14-7-9-16(22-2)10-8-14/h3-10,12,19H,1,11,13H2,2H3,(H,20,21). The lowest BCUT2D eigenvalue weighted by Gasteiger charge is -2.10. The monoisotopic (exact) mass is 312 g/mol. The quantitative estimate of drug-likeness (QED) is 0.734. The van der Waals surface area contributed by atoms with Gasteiger partial charge in [-0.2, -0.15) is 0 Å². The SMILES string of the molecule is C=CCOc1cccc(NCC(=O)Nc2ccc(OC)cc2)c1. The van der Waals surface area contributed by atoms with Gasteiger partial charge in [0.1, 0.15) is 18.1 Å². The van der Waals surface area contributed by atoms with Crippen molar-refractivity contribution >= 4 is 17.3 Å². The third kappa shape index (κ3) is 5.39. The van der Waals surface area contributed by atoms with Crippen molar-refractivity contribution in [1.29, 1.82) is 0 Å². The first kappa shape index (κ1) is 16.4. The van der Waals surface area contributed by atoms with Crippen LogP contribution in [0.1, 0.15) is 0 Å². The molecule has 0 aliphatic heterocycles. The molecule has 0 unspecified atom stereocenters. The van der Waals surface area contributed by atoms with Gasteiger partial charge in [0.05, 0.1) is 13.7 Å². The third-order valence-electron chi connectivity index (χ3n) is 3.03. The van der Waals surface area contributed by atoms with E-state index in [9.17, 15) is 4.79 Å². The minimum Gasteiger partial charge on any atom is -0.497 e. The molecule has 1 amide bonds. The van der Waals surface area contributed by atoms with Crippen LogP contribution in [0.3, 0.4) is 0 Å². The first-order valence-electron chi connectivity index (χ1n) is 7.23. The van der Waals surface area contributed by atoms with E-state index in [1.54, 1.807) is 37.5 Å². The number of rotatable bonds is 8. The number of nitrogens with one attached hydrogen (secondary N) is 2. The van der Waals surface area contributed by atoms with Crippen molar-refractivity contribution in [2.75, 3.05) is 30.9 Å². The van der Waals surface area contributed by atoms with Crippen LogP contribution in [0.15, 0.2) is 61.2 Å². The second-order valence-corrected chi connectivity index (χ2v) is 4.76. The van der Waals surface area contributed by atoms with E-state index in [0.717, 1.165) is 22.9 Å². The van der Waals surface area contributed by atoms with Gasteiger partial charge in [-0.3, -0.25) is 4.79 Å². The zero-order valence-corrected chi connectivity index (χ0v) is 13.0. The van der Waals surface area contributed by atoms with E-state index in [2.05, 4.69) is 17.2 Å². The third-order valence-corrected chi connectivity index (χ3v) is 3.03. The average Bonchev–Trinajstić information content (AvgIpc) is 2.59. The maximum Gasteiger partial charge on any atom is 0.243 e. The fraction of sp³-hybridized carbons (Fsp3) is 0.167. The molecule has 0 radical (unpaired) electrons. The molecule has 0 aliphatic carbocycles. The largest absolute Gasteiger partial charge is 0.497 e. The molecule has 0 spiro atoms. The highest BCUT2D eigenvalue weighted by molar-refractivity contribution is 5.93. The zero-order chi connectivity index (χ0) is 16.5. The van der Waals surface area contributed by atoms with Gasteiger partial charge in [-0.1, -0.05) is 18.7 Å². The Bertz CT molecular complexity index is 654. The minimum atomic E-state index is -0.132. The van der Waals surface area contributed by atoms with Crippen LogP contribution in [0.4, 0.5) is 11.4 Å². The molecule has 0 atom stereocenters. The van der Waals surface area contributed by atoms with Gasteiger partial charge < -0.3 is 20.1 Å². The second kappa shape index (κ2) is 8.48. The van der Waals surface area contributed by atoms with Crippen molar-refractivity contribution in [2.24, 2.45) is 0 Å². The number of anilines is 2. The summed E-state index contributed by atoms with van der Waals surface area (Å²) in [4.78, 5) is 11.9. The van der Waals surface area contributed by atoms with Crippen LogP contribution >= 0.6 is 0 Å². The van der Waals surface area contributed by atoms with Gasteiger partial charge >= 0.3 is 0 Å². The number of benzene rings is 2. The number of hydrogen-bond acceptors (Lipinski definition) is 4. The number of ether oxygens (including phenoxy) is 2. The van der Waals surface area contributed by atoms with E-state index in [0.29, 0.717) is 6.61 Å². The van der Waals surface area contributed by atoms with Crippen molar-refractivity contribution in [3.05, 3.63) is 61.2 Å². The van der Waals surface area contributed by atoms with E-state index in [1.807, 2.05) is 24.3 Å². The lowest BCUT2D eigenvalue weighted by atomic mass is 10.3. The minimum absolute atomic E-state index is 0.132. The van der Waals surface area contributed by atoms with Crippen LogP contribution in [0, 0.1) is 0 Å². The molecule has 2 aromatic rings. The average molecular weight is 312 g/mol. The van der Waals surface area contributed by atoms with E-state index in [4.69, 9.17) is 9.47 Å². The van der Waals surface area contributed by atoms with Gasteiger partial charge in [0.2, 0.25) is 5.91 Å². The lowest BCUT2D eigenvalue weighted by Crippen LogP contribution is -2.21. The van der Waals surface area contributed by atoms with Crippen molar-refractivity contribution in [3.8, 4) is 11.5 Å². The highest BCUT2D eigenvalue weighted by Gasteiger charge is 2.03. The molecule has 0 heterocycles. The molecule has 23 heavy (non-hydrogen) atoms. The summed E-state index contributed by atoms with van der Waals surface area (Å²) in [5.74, 6) is 1.34. The summed E-state index contributed by atoms with van der Waals surface area (Å²) in [5.41, 5.74) is 1.54. The normalized spacial score (nSPS) is 9.78. The molecule has 5 heteroatoms. The molecule has 120 valence electrons. The Hall–Kier alpha value is -2.95. The Morgan fingerprint density at radius 2 is 1.91 bits per heavy atom. The predicted octanol–water partition coefficient (Wildman–Crippen LogP) is 3.31. The Morgan fingerprint density at radius 1 is 1.13 bits per heavy atom. The van der Waals surface area contributed by atoms with Crippen molar-refractivity contribution < 1.29 is 14.3 Å². The van der Waals surface area contributed by atoms with Gasteiger partial charge in [-0.15, -0.1) is 0 Å². The van der Waals surface area contributed by atoms with Crippen LogP contribution in [0.2, 0.25) is 0 Å². The Kier molecular flexibility index (Phi) is 6.06. The number of amides is 1. The molecule has 2 aromatic carbocycles. The fourth-order valence-corrected chi connectivity index (χ4v) is 1.91. The number of carbonyl (C=O) groups excluding carboxylic acids is 1. The first-order chi connectivity index (χ1) is 11.2. The molecule has 2 rings (SSSR count). The maximum absolute atomic E-state index is 11.9. The van der Waals surface area contributed by atoms with Gasteiger partial charge in [0.15, 0.2) is 0 Å². The van der Waals surface area contributed by atoms with Crippen molar-refractivity contribution in [2.45, 2.75) is 0 Å². The van der Waals surface area contributed by atoms with Gasteiger partial charge in [-0.05, 0) is 36.4 Å². The lowest BCUT2D eigenvalue weighted by molar-refractivity contribution is -0.114. The number of carbonyl (C=O) groups is 1. The van der Waals surface area contributed by atoms with Crippen LogP contribution in [0.5, 0.6) is 11.5 Å². The first-order valence-corrected chi connectivity index (χ1v) is 7.23. The van der Waals surface area contributed by atoms with Crippen LogP contribution in [-0.2, 0) is 4.79 Å². The zero-order valence-electron chi connectivity index (χ0n) is 13.0. The van der Waals surface area contributed by atoms with Crippen LogP contribution in [0.25, 0.3) is 0 Å². The Labute approximate surface area is 135 Å². The molecule has 0 aliphatic rings. The van der Waals surface area contributed by atoms with E-state index >= 15 is 0 Å². The number of hydrogen-bond donors (Lipinski definition) is 2. The molecule has 2 N–H and O–H groups in total. The summed E-state index contributed by atoms with van der Waals surface area (Å²) in [5, 5.41) is 5.87. The highest BCUT2D eigenvalue weighted by Crippen LogP contribution is 2.17. The molecule has 0 saturated heterocycles. The highest BCUT2D eigenvalue weighted by atomic mass is 16.5. The van der Waals surface area contributed by atoms with E-state index in [-0.39, 0.29) is 12.5 Å². The molecule has 5 nitrogen and oxygen atoms in total. The molecule has 0 bridgehead atoms. The van der Waals surface area contributed by atoms with Crippen LogP contribution < -0.4 is 20.1 Å². The fourth-order valence-electron chi connectivity index (χ4n) is 1.91. The maximum atomic E-state index is 11.9. The van der Waals surface area contributed by atoms with Crippen LogP contribution in [-0.4, -0.2) is 26.2 Å². The van der Waals surface area contributed by atoms with Gasteiger partial charge in [-0.25, -0.2) is 0 Å². The summed E-state index contributed by atoms with van der Waals surface area (Å²) >= 11 is 0. The van der Waals surface area contributed by atoms with Crippen molar-refractivity contribution in [1.82, 2.24) is 0 Å². The molecular formula is C18H20N2O3. The summed E-state index contributed by atoms with van der Waals surface area (Å²) in [6.45, 7) is 4.22. The summed E-state index contributed by atoms with van der Waals surface area (Å²) in [6.07, 6.45) is 1.68. The summed E-state index contributed by atoms with van der Waals surface area (Å²) < 4.78 is 10.5. The van der Waals surface area contributed by atoms with Crippen molar-refractivity contribution in [3.63, 3.8) is 0 Å². The Balaban J connectivity index is 1.84. The molecule has 0 saturated carbocycles. The summed E-state index contributed by atoms with van der Waals surface area (Å²) in [6, 6.07) is 14.6.